The molecule has 2 saturated carbocycles. The van der Waals surface area contributed by atoms with Crippen LogP contribution in [0.3, 0.4) is 0 Å². The highest BCUT2D eigenvalue weighted by atomic mass is 16.5. The first-order valence-corrected chi connectivity index (χ1v) is 11.3. The number of amides is 1. The first-order chi connectivity index (χ1) is 14.5. The highest BCUT2D eigenvalue weighted by Gasteiger charge is 2.67. The smallest absolute Gasteiger partial charge is 0.262 e. The Labute approximate surface area is 178 Å². The molecule has 0 bridgehead atoms. The fraction of sp³-hybridized carbons (Fsp3) is 0.667. The van der Waals surface area contributed by atoms with Crippen molar-refractivity contribution in [1.82, 2.24) is 4.90 Å². The molecule has 2 fully saturated rings. The Kier molecular flexibility index (Phi) is 4.71. The van der Waals surface area contributed by atoms with E-state index in [1.807, 2.05) is 6.92 Å². The van der Waals surface area contributed by atoms with Gasteiger partial charge in [0.1, 0.15) is 0 Å². The minimum absolute atomic E-state index is 0.0344. The standard InChI is InChI=1S/C24H33N3O3/c1-15(14-29-2)27-21(28)24(26-22(27)25)20-12-17(16-4-5-16)6-7-18(20)13-23(24)10-8-19(30-3)9-11-23/h6-7,12,15-16,19H,4-5,8-11,13-14H2,1-3H3,(H2,25,26). The molecule has 2 spiro atoms. The van der Waals surface area contributed by atoms with E-state index in [0.717, 1.165) is 37.7 Å². The summed E-state index contributed by atoms with van der Waals surface area (Å²) in [6, 6.07) is 6.65. The summed E-state index contributed by atoms with van der Waals surface area (Å²) in [6.45, 7) is 2.42. The Morgan fingerprint density at radius 2 is 1.97 bits per heavy atom. The highest BCUT2D eigenvalue weighted by molar-refractivity contribution is 6.08. The van der Waals surface area contributed by atoms with Gasteiger partial charge in [0.05, 0.1) is 18.8 Å². The molecule has 1 aromatic carbocycles. The number of rotatable bonds is 5. The van der Waals surface area contributed by atoms with Crippen LogP contribution in [0.15, 0.2) is 23.2 Å². The van der Waals surface area contributed by atoms with Crippen LogP contribution in [0.4, 0.5) is 0 Å². The fourth-order valence-electron chi connectivity index (χ4n) is 6.27. The molecular formula is C24H33N3O3. The normalized spacial score (nSPS) is 34.0. The topological polar surface area (TPSA) is 77.2 Å². The first kappa shape index (κ1) is 20.0. The first-order valence-electron chi connectivity index (χ1n) is 11.3. The Hall–Kier alpha value is -1.92. The number of methoxy groups -OCH3 is 2. The lowest BCUT2D eigenvalue weighted by atomic mass is 9.61. The second-order valence-corrected chi connectivity index (χ2v) is 9.74. The average molecular weight is 412 g/mol. The minimum Gasteiger partial charge on any atom is -0.383 e. The summed E-state index contributed by atoms with van der Waals surface area (Å²) in [6.07, 6.45) is 7.39. The van der Waals surface area contributed by atoms with E-state index >= 15 is 0 Å². The largest absolute Gasteiger partial charge is 0.383 e. The maximum Gasteiger partial charge on any atom is 0.262 e. The molecule has 1 aromatic rings. The summed E-state index contributed by atoms with van der Waals surface area (Å²) in [4.78, 5) is 20.9. The number of hydrogen-bond donors (Lipinski definition) is 1. The van der Waals surface area contributed by atoms with Gasteiger partial charge in [0.25, 0.3) is 5.91 Å². The van der Waals surface area contributed by atoms with E-state index in [9.17, 15) is 4.79 Å². The fourth-order valence-corrected chi connectivity index (χ4v) is 6.27. The molecule has 4 aliphatic rings. The van der Waals surface area contributed by atoms with Crippen LogP contribution in [0.5, 0.6) is 0 Å². The third-order valence-corrected chi connectivity index (χ3v) is 8.00. The van der Waals surface area contributed by atoms with Gasteiger partial charge in [-0.1, -0.05) is 18.2 Å². The Balaban J connectivity index is 1.63. The van der Waals surface area contributed by atoms with Crippen LogP contribution in [0.1, 0.15) is 68.1 Å². The lowest BCUT2D eigenvalue weighted by Gasteiger charge is -2.45. The molecule has 6 nitrogen and oxygen atoms in total. The Morgan fingerprint density at radius 1 is 1.23 bits per heavy atom. The van der Waals surface area contributed by atoms with E-state index < -0.39 is 5.54 Å². The second-order valence-electron chi connectivity index (χ2n) is 9.74. The Bertz CT molecular complexity index is 886. The number of ether oxygens (including phenoxy) is 2. The van der Waals surface area contributed by atoms with Crippen LogP contribution in [0.2, 0.25) is 0 Å². The summed E-state index contributed by atoms with van der Waals surface area (Å²) in [5.41, 5.74) is 9.02. The van der Waals surface area contributed by atoms with Crippen LogP contribution in [-0.4, -0.2) is 49.7 Å². The molecule has 2 N–H and O–H groups in total. The summed E-state index contributed by atoms with van der Waals surface area (Å²) in [5.74, 6) is 1.00. The van der Waals surface area contributed by atoms with Gasteiger partial charge in [-0.25, -0.2) is 4.99 Å². The van der Waals surface area contributed by atoms with Gasteiger partial charge >= 0.3 is 0 Å². The number of nitrogens with two attached hydrogens (primary N) is 1. The van der Waals surface area contributed by atoms with Gasteiger partial charge in [-0.05, 0) is 74.5 Å². The second kappa shape index (κ2) is 7.06. The van der Waals surface area contributed by atoms with Gasteiger partial charge in [-0.3, -0.25) is 9.69 Å². The number of aliphatic imine (C=N–C) groups is 1. The van der Waals surface area contributed by atoms with Crippen molar-refractivity contribution >= 4 is 11.9 Å². The molecule has 30 heavy (non-hydrogen) atoms. The molecule has 1 amide bonds. The minimum atomic E-state index is -0.905. The molecule has 0 radical (unpaired) electrons. The zero-order valence-corrected chi connectivity index (χ0v) is 18.3. The van der Waals surface area contributed by atoms with E-state index in [0.29, 0.717) is 18.5 Å². The van der Waals surface area contributed by atoms with Crippen molar-refractivity contribution in [3.63, 3.8) is 0 Å². The predicted molar refractivity (Wildman–Crippen MR) is 115 cm³/mol. The molecule has 1 heterocycles. The summed E-state index contributed by atoms with van der Waals surface area (Å²) in [7, 11) is 3.44. The van der Waals surface area contributed by atoms with Crippen LogP contribution in [0.25, 0.3) is 0 Å². The SMILES string of the molecule is COCC(C)N1C(=O)C2(N=C1N)c1cc(C3CC3)ccc1CC21CCC(OC)CC1. The molecule has 0 saturated heterocycles. The number of benzene rings is 1. The molecule has 162 valence electrons. The molecule has 0 aromatic heterocycles. The van der Waals surface area contributed by atoms with Crippen molar-refractivity contribution in [3.05, 3.63) is 34.9 Å². The van der Waals surface area contributed by atoms with E-state index in [1.54, 1.807) is 19.1 Å². The molecule has 2 atom stereocenters. The van der Waals surface area contributed by atoms with Gasteiger partial charge in [-0.15, -0.1) is 0 Å². The van der Waals surface area contributed by atoms with E-state index in [2.05, 4.69) is 18.2 Å². The highest BCUT2D eigenvalue weighted by Crippen LogP contribution is 2.62. The van der Waals surface area contributed by atoms with Crippen LogP contribution >= 0.6 is 0 Å². The molecule has 3 aliphatic carbocycles. The van der Waals surface area contributed by atoms with Gasteiger partial charge < -0.3 is 15.2 Å². The molecule has 5 rings (SSSR count). The van der Waals surface area contributed by atoms with Crippen molar-refractivity contribution in [2.75, 3.05) is 20.8 Å². The summed E-state index contributed by atoms with van der Waals surface area (Å²) in [5, 5.41) is 0. The van der Waals surface area contributed by atoms with Gasteiger partial charge in [0.2, 0.25) is 0 Å². The number of guanidine groups is 1. The molecular weight excluding hydrogens is 378 g/mol. The van der Waals surface area contributed by atoms with Crippen molar-refractivity contribution in [1.29, 1.82) is 0 Å². The van der Waals surface area contributed by atoms with Gasteiger partial charge in [0, 0.05) is 19.6 Å². The summed E-state index contributed by atoms with van der Waals surface area (Å²) < 4.78 is 11.0. The predicted octanol–water partition coefficient (Wildman–Crippen LogP) is 3.08. The summed E-state index contributed by atoms with van der Waals surface area (Å²) >= 11 is 0. The zero-order valence-electron chi connectivity index (χ0n) is 18.3. The number of carbonyl (C=O) groups is 1. The van der Waals surface area contributed by atoms with E-state index in [-0.39, 0.29) is 23.5 Å². The molecule has 1 aliphatic heterocycles. The molecule has 6 heteroatoms. The average Bonchev–Trinajstić information content (AvgIpc) is 3.50. The number of hydrogen-bond acceptors (Lipinski definition) is 5. The van der Waals surface area contributed by atoms with Crippen molar-refractivity contribution in [2.45, 2.75) is 75.5 Å². The lowest BCUT2D eigenvalue weighted by Crippen LogP contribution is -2.54. The van der Waals surface area contributed by atoms with Crippen LogP contribution in [0, 0.1) is 5.41 Å². The Morgan fingerprint density at radius 3 is 2.60 bits per heavy atom. The van der Waals surface area contributed by atoms with Crippen LogP contribution in [-0.2, 0) is 26.2 Å². The van der Waals surface area contributed by atoms with Crippen molar-refractivity contribution in [2.24, 2.45) is 16.1 Å². The molecule has 2 unspecified atom stereocenters. The van der Waals surface area contributed by atoms with Gasteiger partial charge in [-0.2, -0.15) is 0 Å². The third-order valence-electron chi connectivity index (χ3n) is 8.00. The number of nitrogens with zero attached hydrogens (tertiary/aromatic N) is 2. The maximum atomic E-state index is 14.2. The van der Waals surface area contributed by atoms with E-state index in [4.69, 9.17) is 20.2 Å². The monoisotopic (exact) mass is 411 g/mol. The van der Waals surface area contributed by atoms with Crippen molar-refractivity contribution < 1.29 is 14.3 Å². The zero-order chi connectivity index (χ0) is 21.1. The lowest BCUT2D eigenvalue weighted by molar-refractivity contribution is -0.140. The number of carbonyl (C=O) groups excluding carboxylic acids is 1. The maximum absolute atomic E-state index is 14.2. The van der Waals surface area contributed by atoms with Crippen LogP contribution < -0.4 is 5.73 Å². The van der Waals surface area contributed by atoms with Crippen molar-refractivity contribution in [3.8, 4) is 0 Å². The van der Waals surface area contributed by atoms with E-state index in [1.165, 1.54) is 24.0 Å². The third kappa shape index (κ3) is 2.69. The quantitative estimate of drug-likeness (QED) is 0.808. The van der Waals surface area contributed by atoms with Gasteiger partial charge in [0.15, 0.2) is 11.5 Å². The number of fused-ring (bicyclic) bond motifs is 3.